The Bertz CT molecular complexity index is 1110. The van der Waals surface area contributed by atoms with Crippen molar-refractivity contribution in [3.05, 3.63) is 59.2 Å². The van der Waals surface area contributed by atoms with Gasteiger partial charge in [0.1, 0.15) is 11.5 Å². The molecule has 0 saturated carbocycles. The van der Waals surface area contributed by atoms with Crippen LogP contribution in [-0.2, 0) is 19.5 Å². The van der Waals surface area contributed by atoms with Crippen molar-refractivity contribution >= 4 is 11.5 Å². The summed E-state index contributed by atoms with van der Waals surface area (Å²) in [6.45, 7) is 9.36. The molecule has 3 aromatic rings. The molecule has 0 spiro atoms. The molecule has 1 fully saturated rings. The monoisotopic (exact) mass is 431 g/mol. The maximum atomic E-state index is 5.13. The molecule has 2 aliphatic heterocycles. The van der Waals surface area contributed by atoms with Crippen LogP contribution in [0.1, 0.15) is 48.5 Å². The number of aryl methyl sites for hydroxylation is 1. The Morgan fingerprint density at radius 2 is 1.91 bits per heavy atom. The Morgan fingerprint density at radius 3 is 2.75 bits per heavy atom. The van der Waals surface area contributed by atoms with E-state index in [0.717, 1.165) is 64.3 Å². The van der Waals surface area contributed by atoms with Crippen molar-refractivity contribution in [2.24, 2.45) is 0 Å². The van der Waals surface area contributed by atoms with E-state index in [2.05, 4.69) is 68.5 Å². The number of fused-ring (bicyclic) bond motifs is 4. The van der Waals surface area contributed by atoms with E-state index < -0.39 is 0 Å². The van der Waals surface area contributed by atoms with Crippen molar-refractivity contribution in [2.45, 2.75) is 45.3 Å². The van der Waals surface area contributed by atoms with Gasteiger partial charge in [-0.15, -0.1) is 0 Å². The first kappa shape index (κ1) is 20.1. The topological polar surface area (TPSA) is 43.2 Å². The molecule has 3 aromatic heterocycles. The van der Waals surface area contributed by atoms with E-state index in [1.54, 1.807) is 0 Å². The normalized spacial score (nSPS) is 22.8. The van der Waals surface area contributed by atoms with Gasteiger partial charge in [0, 0.05) is 38.9 Å². The van der Waals surface area contributed by atoms with Crippen molar-refractivity contribution in [1.82, 2.24) is 29.3 Å². The molecule has 6 rings (SSSR count). The number of likely N-dealkylation sites (N-methyl/N-ethyl adjacent to an activating group) is 1. The van der Waals surface area contributed by atoms with Gasteiger partial charge >= 0.3 is 0 Å². The average molecular weight is 432 g/mol. The van der Waals surface area contributed by atoms with Gasteiger partial charge in [-0.25, -0.2) is 15.0 Å². The number of hydrogen-bond acceptors (Lipinski definition) is 6. The second-order valence-electron chi connectivity index (χ2n) is 9.41. The highest BCUT2D eigenvalue weighted by Crippen LogP contribution is 2.38. The Balaban J connectivity index is 1.38. The zero-order valence-electron chi connectivity index (χ0n) is 19.2. The Kier molecular flexibility index (Phi) is 5.12. The van der Waals surface area contributed by atoms with Crippen LogP contribution < -0.4 is 4.90 Å². The minimum absolute atomic E-state index is 0.343. The largest absolute Gasteiger partial charge is 0.355 e. The Morgan fingerprint density at radius 1 is 1.03 bits per heavy atom. The van der Waals surface area contributed by atoms with E-state index in [4.69, 9.17) is 9.97 Å². The summed E-state index contributed by atoms with van der Waals surface area (Å²) in [7, 11) is 2.21. The first-order valence-electron chi connectivity index (χ1n) is 12.1. The number of piperazine rings is 1. The van der Waals surface area contributed by atoms with Crippen LogP contribution in [-0.4, -0.2) is 69.1 Å². The SMILES string of the molecule is CCN1Cc2c(nc3cccc(N4CCN(C)CC4)n23)CN1[C@H]1CCCc2cccnc21. The summed E-state index contributed by atoms with van der Waals surface area (Å²) in [4.78, 5) is 14.9. The lowest BCUT2D eigenvalue weighted by Crippen LogP contribution is -2.48. The van der Waals surface area contributed by atoms with Gasteiger partial charge in [0.2, 0.25) is 0 Å². The van der Waals surface area contributed by atoms with E-state index in [9.17, 15) is 0 Å². The summed E-state index contributed by atoms with van der Waals surface area (Å²) < 4.78 is 2.42. The molecule has 1 atom stereocenters. The lowest BCUT2D eigenvalue weighted by Gasteiger charge is -2.44. The van der Waals surface area contributed by atoms with Crippen molar-refractivity contribution in [3.63, 3.8) is 0 Å². The third-order valence-electron chi connectivity index (χ3n) is 7.53. The predicted octanol–water partition coefficient (Wildman–Crippen LogP) is 3.11. The van der Waals surface area contributed by atoms with Crippen LogP contribution >= 0.6 is 0 Å². The van der Waals surface area contributed by atoms with Gasteiger partial charge in [-0.05, 0) is 50.1 Å². The van der Waals surface area contributed by atoms with Crippen LogP contribution in [0.5, 0.6) is 0 Å². The van der Waals surface area contributed by atoms with Gasteiger partial charge < -0.3 is 9.80 Å². The Labute approximate surface area is 190 Å². The van der Waals surface area contributed by atoms with Crippen LogP contribution in [0.3, 0.4) is 0 Å². The number of hydrogen-bond donors (Lipinski definition) is 0. The molecule has 168 valence electrons. The first-order chi connectivity index (χ1) is 15.7. The number of nitrogens with zero attached hydrogens (tertiary/aromatic N) is 7. The standard InChI is InChI=1S/C25H33N7/c1-3-30-18-22-20(17-31(30)21-9-4-7-19-8-6-12-26-25(19)21)27-23-10-5-11-24(32(22)23)29-15-13-28(2)14-16-29/h5-6,8,10-12,21H,3-4,7,9,13-18H2,1-2H3/t21-/m0/s1. The summed E-state index contributed by atoms with van der Waals surface area (Å²) in [5.41, 5.74) is 6.33. The molecular weight excluding hydrogens is 398 g/mol. The maximum absolute atomic E-state index is 5.13. The quantitative estimate of drug-likeness (QED) is 0.635. The summed E-state index contributed by atoms with van der Waals surface area (Å²) >= 11 is 0. The van der Waals surface area contributed by atoms with Crippen molar-refractivity contribution in [1.29, 1.82) is 0 Å². The Hall–Kier alpha value is -2.48. The number of pyridine rings is 2. The fourth-order valence-corrected chi connectivity index (χ4v) is 5.75. The highest BCUT2D eigenvalue weighted by Gasteiger charge is 2.36. The predicted molar refractivity (Wildman–Crippen MR) is 126 cm³/mol. The zero-order valence-corrected chi connectivity index (χ0v) is 19.2. The second kappa shape index (κ2) is 8.14. The zero-order chi connectivity index (χ0) is 21.7. The van der Waals surface area contributed by atoms with E-state index in [1.807, 2.05) is 6.20 Å². The number of anilines is 1. The molecule has 0 amide bonds. The minimum Gasteiger partial charge on any atom is -0.355 e. The molecule has 0 bridgehead atoms. The van der Waals surface area contributed by atoms with Gasteiger partial charge in [0.15, 0.2) is 0 Å². The maximum Gasteiger partial charge on any atom is 0.138 e. The van der Waals surface area contributed by atoms with Gasteiger partial charge in [0.25, 0.3) is 0 Å². The number of aromatic nitrogens is 3. The fourth-order valence-electron chi connectivity index (χ4n) is 5.75. The average Bonchev–Trinajstić information content (AvgIpc) is 3.21. The number of imidazole rings is 1. The number of rotatable bonds is 3. The molecular formula is C25H33N7. The van der Waals surface area contributed by atoms with E-state index in [1.165, 1.54) is 34.9 Å². The third-order valence-corrected chi connectivity index (χ3v) is 7.53. The van der Waals surface area contributed by atoms with E-state index in [0.29, 0.717) is 6.04 Å². The highest BCUT2D eigenvalue weighted by molar-refractivity contribution is 5.55. The molecule has 32 heavy (non-hydrogen) atoms. The molecule has 3 aliphatic rings. The molecule has 5 heterocycles. The van der Waals surface area contributed by atoms with Gasteiger partial charge in [-0.1, -0.05) is 19.1 Å². The van der Waals surface area contributed by atoms with Crippen LogP contribution in [0.25, 0.3) is 5.65 Å². The fraction of sp³-hybridized carbons (Fsp3) is 0.520. The lowest BCUT2D eigenvalue weighted by atomic mass is 9.91. The summed E-state index contributed by atoms with van der Waals surface area (Å²) in [6, 6.07) is 11.3. The third kappa shape index (κ3) is 3.31. The lowest BCUT2D eigenvalue weighted by molar-refractivity contribution is -0.0922. The van der Waals surface area contributed by atoms with Crippen molar-refractivity contribution in [2.75, 3.05) is 44.7 Å². The minimum atomic E-state index is 0.343. The summed E-state index contributed by atoms with van der Waals surface area (Å²) in [6.07, 6.45) is 5.49. The molecule has 0 radical (unpaired) electrons. The smallest absolute Gasteiger partial charge is 0.138 e. The van der Waals surface area contributed by atoms with Gasteiger partial charge in [0.05, 0.1) is 36.2 Å². The molecule has 7 nitrogen and oxygen atoms in total. The van der Waals surface area contributed by atoms with E-state index >= 15 is 0 Å². The van der Waals surface area contributed by atoms with Crippen molar-refractivity contribution < 1.29 is 0 Å². The van der Waals surface area contributed by atoms with Crippen LogP contribution in [0.2, 0.25) is 0 Å². The van der Waals surface area contributed by atoms with Crippen molar-refractivity contribution in [3.8, 4) is 0 Å². The molecule has 1 saturated heterocycles. The highest BCUT2D eigenvalue weighted by atomic mass is 15.6. The van der Waals surface area contributed by atoms with Gasteiger partial charge in [-0.3, -0.25) is 9.38 Å². The molecule has 0 unspecified atom stereocenters. The van der Waals surface area contributed by atoms with Crippen LogP contribution in [0.4, 0.5) is 5.82 Å². The summed E-state index contributed by atoms with van der Waals surface area (Å²) in [5, 5.41) is 5.07. The van der Waals surface area contributed by atoms with Crippen LogP contribution in [0, 0.1) is 0 Å². The molecule has 1 aliphatic carbocycles. The molecule has 0 N–H and O–H groups in total. The number of hydrazine groups is 1. The van der Waals surface area contributed by atoms with E-state index in [-0.39, 0.29) is 0 Å². The van der Waals surface area contributed by atoms with Gasteiger partial charge in [-0.2, -0.15) is 0 Å². The second-order valence-corrected chi connectivity index (χ2v) is 9.41. The first-order valence-corrected chi connectivity index (χ1v) is 12.1. The summed E-state index contributed by atoms with van der Waals surface area (Å²) in [5.74, 6) is 1.29. The molecule has 0 aromatic carbocycles. The molecule has 7 heteroatoms. The van der Waals surface area contributed by atoms with Crippen LogP contribution in [0.15, 0.2) is 36.5 Å².